The second-order valence-corrected chi connectivity index (χ2v) is 7.58. The van der Waals surface area contributed by atoms with E-state index in [1.807, 2.05) is 47.9 Å². The van der Waals surface area contributed by atoms with Gasteiger partial charge in [-0.1, -0.05) is 47.5 Å². The zero-order valence-electron chi connectivity index (χ0n) is 16.3. The van der Waals surface area contributed by atoms with Gasteiger partial charge in [0.15, 0.2) is 6.10 Å². The highest BCUT2D eigenvalue weighted by Crippen LogP contribution is 2.34. The molecular weight excluding hydrogens is 427 g/mol. The Balaban J connectivity index is 1.41. The Bertz CT molecular complexity index is 1100. The fourth-order valence-electron chi connectivity index (χ4n) is 3.27. The summed E-state index contributed by atoms with van der Waals surface area (Å²) in [6, 6.07) is 14.9. The van der Waals surface area contributed by atoms with Gasteiger partial charge in [-0.25, -0.2) is 0 Å². The molecule has 0 unspecified atom stereocenters. The number of hydrogen-bond donors (Lipinski definition) is 0. The van der Waals surface area contributed by atoms with Gasteiger partial charge in [0.05, 0.1) is 28.9 Å². The minimum atomic E-state index is -0.340. The minimum absolute atomic E-state index is 0.248. The fourth-order valence-corrected chi connectivity index (χ4v) is 3.67. The maximum Gasteiger partial charge on any atom is 0.300 e. The van der Waals surface area contributed by atoms with E-state index in [2.05, 4.69) is 4.98 Å². The summed E-state index contributed by atoms with van der Waals surface area (Å²) >= 11 is 12.4. The molecule has 2 heterocycles. The number of nitrogens with zero attached hydrogens (tertiary/aromatic N) is 2. The van der Waals surface area contributed by atoms with E-state index in [4.69, 9.17) is 37.4 Å². The Hall–Kier alpha value is -2.54. The topological polar surface area (TPSA) is 62.6 Å². The second-order valence-electron chi connectivity index (χ2n) is 6.79. The van der Waals surface area contributed by atoms with Crippen molar-refractivity contribution in [3.05, 3.63) is 74.6 Å². The molecule has 30 heavy (non-hydrogen) atoms. The monoisotopic (exact) mass is 446 g/mol. The Morgan fingerprint density at radius 3 is 2.77 bits per heavy atom. The molecule has 1 atom stereocenters. The van der Waals surface area contributed by atoms with Crippen LogP contribution in [0.25, 0.3) is 11.1 Å². The van der Waals surface area contributed by atoms with Crippen molar-refractivity contribution in [1.29, 1.82) is 0 Å². The third-order valence-corrected chi connectivity index (χ3v) is 5.56. The number of benzene rings is 2. The van der Waals surface area contributed by atoms with E-state index in [1.165, 1.54) is 6.07 Å². The molecule has 0 bridgehead atoms. The lowest BCUT2D eigenvalue weighted by Crippen LogP contribution is -2.23. The number of halogens is 2. The SMILES string of the molecule is CCOCc1cc(=O)nc2n1C[C@@H](COc1ccc(-c3cccc(Cl)c3Cl)cc1)O2. The number of aromatic nitrogens is 2. The first kappa shape index (κ1) is 20.7. The fraction of sp³-hybridized carbons (Fsp3) is 0.273. The van der Waals surface area contributed by atoms with E-state index in [9.17, 15) is 4.79 Å². The van der Waals surface area contributed by atoms with Crippen LogP contribution in [0.15, 0.2) is 53.3 Å². The van der Waals surface area contributed by atoms with E-state index in [1.54, 1.807) is 6.07 Å². The van der Waals surface area contributed by atoms with Crippen LogP contribution < -0.4 is 15.0 Å². The van der Waals surface area contributed by atoms with Crippen LogP contribution in [0.1, 0.15) is 12.6 Å². The molecule has 0 amide bonds. The summed E-state index contributed by atoms with van der Waals surface area (Å²) < 4.78 is 19.0. The van der Waals surface area contributed by atoms with Gasteiger partial charge in [0, 0.05) is 18.2 Å². The van der Waals surface area contributed by atoms with E-state index in [0.29, 0.717) is 48.2 Å². The molecule has 0 spiro atoms. The van der Waals surface area contributed by atoms with Gasteiger partial charge in [0.25, 0.3) is 5.56 Å². The van der Waals surface area contributed by atoms with Crippen molar-refractivity contribution in [2.45, 2.75) is 26.2 Å². The summed E-state index contributed by atoms with van der Waals surface area (Å²) in [5, 5.41) is 1.04. The van der Waals surface area contributed by atoms with Gasteiger partial charge in [-0.05, 0) is 30.7 Å². The van der Waals surface area contributed by atoms with Crippen LogP contribution >= 0.6 is 23.2 Å². The first-order chi connectivity index (χ1) is 14.5. The van der Waals surface area contributed by atoms with Gasteiger partial charge in [0.1, 0.15) is 12.4 Å². The Morgan fingerprint density at radius 1 is 1.20 bits per heavy atom. The van der Waals surface area contributed by atoms with Gasteiger partial charge in [-0.2, -0.15) is 4.98 Å². The number of fused-ring (bicyclic) bond motifs is 1. The van der Waals surface area contributed by atoms with Crippen LogP contribution in [0, 0.1) is 0 Å². The third kappa shape index (κ3) is 4.46. The lowest BCUT2D eigenvalue weighted by molar-refractivity contribution is 0.127. The maximum atomic E-state index is 11.8. The number of ether oxygens (including phenoxy) is 3. The molecule has 1 aromatic heterocycles. The highest BCUT2D eigenvalue weighted by Gasteiger charge is 2.26. The second kappa shape index (κ2) is 9.08. The van der Waals surface area contributed by atoms with E-state index < -0.39 is 0 Å². The van der Waals surface area contributed by atoms with Crippen molar-refractivity contribution in [3.63, 3.8) is 0 Å². The number of rotatable bonds is 7. The van der Waals surface area contributed by atoms with Crippen LogP contribution in [0.5, 0.6) is 11.8 Å². The molecule has 2 aromatic carbocycles. The molecule has 0 aliphatic carbocycles. The molecular formula is C22H20Cl2N2O4. The van der Waals surface area contributed by atoms with Crippen molar-refractivity contribution in [1.82, 2.24) is 9.55 Å². The summed E-state index contributed by atoms with van der Waals surface area (Å²) in [4.78, 5) is 15.7. The third-order valence-electron chi connectivity index (χ3n) is 4.74. The van der Waals surface area contributed by atoms with Crippen LogP contribution in [0.2, 0.25) is 10.0 Å². The van der Waals surface area contributed by atoms with Gasteiger partial charge in [-0.3, -0.25) is 9.36 Å². The predicted octanol–water partition coefficient (Wildman–Crippen LogP) is 4.59. The largest absolute Gasteiger partial charge is 0.490 e. The Morgan fingerprint density at radius 2 is 2.00 bits per heavy atom. The normalized spacial score (nSPS) is 15.0. The first-order valence-electron chi connectivity index (χ1n) is 9.57. The van der Waals surface area contributed by atoms with E-state index in [0.717, 1.165) is 16.8 Å². The van der Waals surface area contributed by atoms with Crippen molar-refractivity contribution in [3.8, 4) is 22.9 Å². The Labute approximate surface area is 183 Å². The standard InChI is InChI=1S/C22H20Cl2N2O4/c1-2-28-12-15-10-20(27)25-22-26(15)11-17(30-22)13-29-16-8-6-14(7-9-16)18-4-3-5-19(23)21(18)24/h3-10,17H,2,11-13H2,1H3/t17-/m0/s1. The van der Waals surface area contributed by atoms with E-state index >= 15 is 0 Å². The predicted molar refractivity (Wildman–Crippen MR) is 116 cm³/mol. The summed E-state index contributed by atoms with van der Waals surface area (Å²) in [5.74, 6) is 0.702. The molecule has 1 aliphatic heterocycles. The van der Waals surface area contributed by atoms with Crippen LogP contribution in [0.4, 0.5) is 0 Å². The van der Waals surface area contributed by atoms with Crippen molar-refractivity contribution >= 4 is 23.2 Å². The van der Waals surface area contributed by atoms with Crippen molar-refractivity contribution in [2.24, 2.45) is 0 Å². The van der Waals surface area contributed by atoms with Crippen molar-refractivity contribution in [2.75, 3.05) is 13.2 Å². The molecule has 0 saturated heterocycles. The van der Waals surface area contributed by atoms with Crippen LogP contribution in [-0.2, 0) is 17.9 Å². The molecule has 0 N–H and O–H groups in total. The molecule has 1 aliphatic rings. The summed E-state index contributed by atoms with van der Waals surface area (Å²) in [6.07, 6.45) is -0.248. The van der Waals surface area contributed by atoms with Gasteiger partial charge >= 0.3 is 6.01 Å². The van der Waals surface area contributed by atoms with Gasteiger partial charge in [-0.15, -0.1) is 0 Å². The molecule has 0 fully saturated rings. The Kier molecular flexibility index (Phi) is 6.27. The zero-order chi connectivity index (χ0) is 21.1. The molecule has 0 radical (unpaired) electrons. The molecule has 0 saturated carbocycles. The zero-order valence-corrected chi connectivity index (χ0v) is 17.8. The van der Waals surface area contributed by atoms with Crippen molar-refractivity contribution < 1.29 is 14.2 Å². The highest BCUT2D eigenvalue weighted by atomic mass is 35.5. The first-order valence-corrected chi connectivity index (χ1v) is 10.3. The average molecular weight is 447 g/mol. The van der Waals surface area contributed by atoms with Gasteiger partial charge in [0.2, 0.25) is 0 Å². The summed E-state index contributed by atoms with van der Waals surface area (Å²) in [7, 11) is 0. The van der Waals surface area contributed by atoms with Crippen LogP contribution in [-0.4, -0.2) is 28.9 Å². The maximum absolute atomic E-state index is 11.8. The summed E-state index contributed by atoms with van der Waals surface area (Å²) in [5.41, 5.74) is 2.22. The van der Waals surface area contributed by atoms with Crippen LogP contribution in [0.3, 0.4) is 0 Å². The van der Waals surface area contributed by atoms with Gasteiger partial charge < -0.3 is 14.2 Å². The number of hydrogen-bond acceptors (Lipinski definition) is 5. The molecule has 156 valence electrons. The summed E-state index contributed by atoms with van der Waals surface area (Å²) in [6.45, 7) is 3.68. The van der Waals surface area contributed by atoms with E-state index in [-0.39, 0.29) is 11.7 Å². The molecule has 6 nitrogen and oxygen atoms in total. The lowest BCUT2D eigenvalue weighted by Gasteiger charge is -2.12. The average Bonchev–Trinajstić information content (AvgIpc) is 3.16. The quantitative estimate of drug-likeness (QED) is 0.530. The lowest BCUT2D eigenvalue weighted by atomic mass is 10.1. The smallest absolute Gasteiger partial charge is 0.300 e. The molecule has 8 heteroatoms. The highest BCUT2D eigenvalue weighted by molar-refractivity contribution is 6.43. The molecule has 4 rings (SSSR count). The minimum Gasteiger partial charge on any atom is -0.490 e. The molecule has 3 aromatic rings.